The lowest BCUT2D eigenvalue weighted by molar-refractivity contribution is 0.0690. The van der Waals surface area contributed by atoms with Crippen molar-refractivity contribution >= 4 is 12.0 Å². The topological polar surface area (TPSA) is 86.8 Å². The molecule has 1 fully saturated rings. The van der Waals surface area contributed by atoms with E-state index in [1.807, 2.05) is 4.90 Å². The van der Waals surface area contributed by atoms with Crippen molar-refractivity contribution in [1.82, 2.24) is 4.98 Å². The van der Waals surface area contributed by atoms with Gasteiger partial charge in [-0.05, 0) is 19.3 Å². The van der Waals surface area contributed by atoms with Crippen molar-refractivity contribution < 1.29 is 19.4 Å². The Morgan fingerprint density at radius 1 is 1.62 bits per heavy atom. The van der Waals surface area contributed by atoms with Crippen molar-refractivity contribution in [2.75, 3.05) is 18.1 Å². The number of carboxylic acid groups (broad SMARTS) is 1. The van der Waals surface area contributed by atoms with Crippen molar-refractivity contribution in [1.29, 1.82) is 0 Å². The van der Waals surface area contributed by atoms with E-state index in [0.717, 1.165) is 25.5 Å². The van der Waals surface area contributed by atoms with Crippen LogP contribution in [0.2, 0.25) is 0 Å². The number of anilines is 1. The van der Waals surface area contributed by atoms with Gasteiger partial charge in [0.1, 0.15) is 6.26 Å². The van der Waals surface area contributed by atoms with E-state index in [9.17, 15) is 4.79 Å². The van der Waals surface area contributed by atoms with E-state index in [2.05, 4.69) is 4.98 Å². The molecule has 0 amide bonds. The zero-order valence-electron chi connectivity index (χ0n) is 8.80. The standard InChI is InChI=1S/C10H14N2O4/c13-5-4-12(7-2-1-3-7)10-11-8(6-16-10)9(14)15/h6-7,13H,1-5H2,(H,14,15). The lowest BCUT2D eigenvalue weighted by Crippen LogP contribution is -2.42. The minimum Gasteiger partial charge on any atom is -0.476 e. The molecule has 1 aliphatic rings. The summed E-state index contributed by atoms with van der Waals surface area (Å²) in [5.74, 6) is -1.10. The first-order valence-electron chi connectivity index (χ1n) is 5.28. The van der Waals surface area contributed by atoms with Crippen LogP contribution in [0.3, 0.4) is 0 Å². The van der Waals surface area contributed by atoms with Crippen LogP contribution in [0.15, 0.2) is 10.7 Å². The summed E-state index contributed by atoms with van der Waals surface area (Å²) >= 11 is 0. The van der Waals surface area contributed by atoms with Crippen molar-refractivity contribution in [3.63, 3.8) is 0 Å². The van der Waals surface area contributed by atoms with Crippen LogP contribution in [-0.2, 0) is 0 Å². The first-order valence-corrected chi connectivity index (χ1v) is 5.28. The number of nitrogens with zero attached hydrogens (tertiary/aromatic N) is 2. The molecular formula is C10H14N2O4. The molecule has 6 nitrogen and oxygen atoms in total. The van der Waals surface area contributed by atoms with E-state index in [1.54, 1.807) is 0 Å². The molecule has 0 bridgehead atoms. The Hall–Kier alpha value is -1.56. The molecule has 0 aliphatic heterocycles. The first-order chi connectivity index (χ1) is 7.72. The number of aliphatic hydroxyl groups is 1. The number of aromatic nitrogens is 1. The van der Waals surface area contributed by atoms with E-state index in [-0.39, 0.29) is 18.3 Å². The highest BCUT2D eigenvalue weighted by molar-refractivity contribution is 5.85. The van der Waals surface area contributed by atoms with Gasteiger partial charge < -0.3 is 19.5 Å². The number of aromatic carboxylic acids is 1. The Morgan fingerprint density at radius 3 is 2.81 bits per heavy atom. The molecule has 0 spiro atoms. The fourth-order valence-electron chi connectivity index (χ4n) is 1.73. The third-order valence-electron chi connectivity index (χ3n) is 2.81. The minimum absolute atomic E-state index is 0.00127. The van der Waals surface area contributed by atoms with Crippen LogP contribution >= 0.6 is 0 Å². The number of carbonyl (C=O) groups is 1. The average Bonchev–Trinajstić information content (AvgIpc) is 2.62. The van der Waals surface area contributed by atoms with Crippen LogP contribution in [0, 0.1) is 0 Å². The van der Waals surface area contributed by atoms with Gasteiger partial charge in [-0.2, -0.15) is 4.98 Å². The molecule has 16 heavy (non-hydrogen) atoms. The predicted octanol–water partition coefficient (Wildman–Crippen LogP) is 0.724. The van der Waals surface area contributed by atoms with E-state index in [0.29, 0.717) is 12.6 Å². The molecule has 88 valence electrons. The number of hydrogen-bond donors (Lipinski definition) is 2. The molecule has 1 aromatic rings. The Labute approximate surface area is 92.5 Å². The monoisotopic (exact) mass is 226 g/mol. The molecule has 1 aromatic heterocycles. The Morgan fingerprint density at radius 2 is 2.38 bits per heavy atom. The Kier molecular flexibility index (Phi) is 3.09. The minimum atomic E-state index is -1.10. The van der Waals surface area contributed by atoms with Gasteiger partial charge >= 0.3 is 5.97 Å². The zero-order chi connectivity index (χ0) is 11.5. The van der Waals surface area contributed by atoms with E-state index >= 15 is 0 Å². The molecule has 0 unspecified atom stereocenters. The summed E-state index contributed by atoms with van der Waals surface area (Å²) in [5, 5.41) is 17.7. The maximum atomic E-state index is 10.7. The molecule has 2 rings (SSSR count). The molecule has 0 radical (unpaired) electrons. The van der Waals surface area contributed by atoms with E-state index in [4.69, 9.17) is 14.6 Å². The number of rotatable bonds is 5. The average molecular weight is 226 g/mol. The van der Waals surface area contributed by atoms with Gasteiger partial charge in [0.15, 0.2) is 5.69 Å². The van der Waals surface area contributed by atoms with Crippen LogP contribution in [-0.4, -0.2) is 40.4 Å². The van der Waals surface area contributed by atoms with Crippen LogP contribution in [0.4, 0.5) is 6.01 Å². The van der Waals surface area contributed by atoms with Crippen molar-refractivity contribution in [2.24, 2.45) is 0 Å². The number of aliphatic hydroxyl groups excluding tert-OH is 1. The van der Waals surface area contributed by atoms with Gasteiger partial charge in [-0.25, -0.2) is 4.79 Å². The van der Waals surface area contributed by atoms with Gasteiger partial charge in [0, 0.05) is 12.6 Å². The highest BCUT2D eigenvalue weighted by Crippen LogP contribution is 2.28. The van der Waals surface area contributed by atoms with Gasteiger partial charge in [0.25, 0.3) is 6.01 Å². The van der Waals surface area contributed by atoms with Crippen LogP contribution in [0.25, 0.3) is 0 Å². The summed E-state index contributed by atoms with van der Waals surface area (Å²) < 4.78 is 5.12. The van der Waals surface area contributed by atoms with Crippen LogP contribution in [0.5, 0.6) is 0 Å². The highest BCUT2D eigenvalue weighted by Gasteiger charge is 2.28. The molecular weight excluding hydrogens is 212 g/mol. The third kappa shape index (κ3) is 2.01. The second-order valence-electron chi connectivity index (χ2n) is 3.82. The summed E-state index contributed by atoms with van der Waals surface area (Å²) in [6.07, 6.45) is 4.34. The molecule has 0 atom stereocenters. The van der Waals surface area contributed by atoms with E-state index in [1.165, 1.54) is 0 Å². The lowest BCUT2D eigenvalue weighted by atomic mass is 9.92. The summed E-state index contributed by atoms with van der Waals surface area (Å²) in [7, 11) is 0. The quantitative estimate of drug-likeness (QED) is 0.769. The smallest absolute Gasteiger partial charge is 0.357 e. The maximum absolute atomic E-state index is 10.7. The summed E-state index contributed by atoms with van der Waals surface area (Å²) in [5.41, 5.74) is -0.0998. The van der Waals surface area contributed by atoms with Gasteiger partial charge in [-0.3, -0.25) is 0 Å². The predicted molar refractivity (Wildman–Crippen MR) is 55.5 cm³/mol. The largest absolute Gasteiger partial charge is 0.476 e. The Balaban J connectivity index is 2.13. The molecule has 2 N–H and O–H groups in total. The molecule has 0 aromatic carbocycles. The molecule has 6 heteroatoms. The number of carboxylic acids is 1. The van der Waals surface area contributed by atoms with Crippen molar-refractivity contribution in [2.45, 2.75) is 25.3 Å². The second kappa shape index (κ2) is 4.52. The molecule has 0 saturated heterocycles. The lowest BCUT2D eigenvalue weighted by Gasteiger charge is -2.36. The second-order valence-corrected chi connectivity index (χ2v) is 3.82. The van der Waals surface area contributed by atoms with E-state index < -0.39 is 5.97 Å². The van der Waals surface area contributed by atoms with Crippen LogP contribution < -0.4 is 4.90 Å². The number of hydrogen-bond acceptors (Lipinski definition) is 5. The Bertz CT molecular complexity index is 373. The van der Waals surface area contributed by atoms with Gasteiger partial charge in [0.2, 0.25) is 0 Å². The van der Waals surface area contributed by atoms with Crippen molar-refractivity contribution in [3.05, 3.63) is 12.0 Å². The van der Waals surface area contributed by atoms with Gasteiger partial charge in [0.05, 0.1) is 6.61 Å². The van der Waals surface area contributed by atoms with Crippen LogP contribution in [0.1, 0.15) is 29.8 Å². The molecule has 1 aliphatic carbocycles. The number of oxazole rings is 1. The normalized spacial score (nSPS) is 15.8. The fourth-order valence-corrected chi connectivity index (χ4v) is 1.73. The fraction of sp³-hybridized carbons (Fsp3) is 0.600. The zero-order valence-corrected chi connectivity index (χ0v) is 8.80. The molecule has 1 saturated carbocycles. The summed E-state index contributed by atoms with van der Waals surface area (Å²) in [6, 6.07) is 0.601. The highest BCUT2D eigenvalue weighted by atomic mass is 16.4. The van der Waals surface area contributed by atoms with Gasteiger partial charge in [-0.15, -0.1) is 0 Å². The van der Waals surface area contributed by atoms with Crippen molar-refractivity contribution in [3.8, 4) is 0 Å². The SMILES string of the molecule is O=C(O)c1coc(N(CCO)C2CCC2)n1. The first kappa shape index (κ1) is 10.9. The maximum Gasteiger partial charge on any atom is 0.357 e. The third-order valence-corrected chi connectivity index (χ3v) is 2.81. The summed E-state index contributed by atoms with van der Waals surface area (Å²) in [4.78, 5) is 16.4. The molecule has 1 heterocycles. The summed E-state index contributed by atoms with van der Waals surface area (Å²) in [6.45, 7) is 0.422. The van der Waals surface area contributed by atoms with Gasteiger partial charge in [-0.1, -0.05) is 0 Å².